The Kier molecular flexibility index (Phi) is 14.7. The zero-order chi connectivity index (χ0) is 30.0. The molecule has 2 aromatic rings. The van der Waals surface area contributed by atoms with Crippen molar-refractivity contribution in [3.05, 3.63) is 42.6 Å². The maximum Gasteiger partial charge on any atom is 0.242 e. The Morgan fingerprint density at radius 1 is 0.780 bits per heavy atom. The molecule has 0 aromatic carbocycles. The van der Waals surface area contributed by atoms with Gasteiger partial charge in [-0.1, -0.05) is 12.1 Å². The quantitative estimate of drug-likeness (QED) is 0.145. The van der Waals surface area contributed by atoms with Crippen LogP contribution in [-0.2, 0) is 19.2 Å². The highest BCUT2D eigenvalue weighted by Crippen LogP contribution is 2.17. The molecular formula is C27H39N7O7. The lowest BCUT2D eigenvalue weighted by atomic mass is 10.2. The Bertz CT molecular complexity index is 1120. The molecule has 0 saturated carbocycles. The van der Waals surface area contributed by atoms with Crippen molar-refractivity contribution in [3.8, 4) is 17.3 Å². The van der Waals surface area contributed by atoms with E-state index in [4.69, 9.17) is 21.3 Å². The van der Waals surface area contributed by atoms with Gasteiger partial charge in [-0.3, -0.25) is 24.2 Å². The number of aliphatic hydroxyl groups is 2. The number of hydrogen-bond acceptors (Lipinski definition) is 10. The van der Waals surface area contributed by atoms with Crippen LogP contribution in [0.5, 0.6) is 5.88 Å². The van der Waals surface area contributed by atoms with Gasteiger partial charge in [0.1, 0.15) is 6.61 Å². The summed E-state index contributed by atoms with van der Waals surface area (Å²) >= 11 is 0. The van der Waals surface area contributed by atoms with Crippen molar-refractivity contribution >= 4 is 23.6 Å². The molecule has 0 fully saturated rings. The summed E-state index contributed by atoms with van der Waals surface area (Å²) in [4.78, 5) is 62.6. The number of nitrogens with two attached hydrogens (primary N) is 2. The highest BCUT2D eigenvalue weighted by atomic mass is 16.5. The molecule has 224 valence electrons. The van der Waals surface area contributed by atoms with E-state index in [1.165, 1.54) is 14.7 Å². The summed E-state index contributed by atoms with van der Waals surface area (Å²) in [5.74, 6) is -1.90. The standard InChI is InChI=1S/C27H39N7O7/c28-10-12-32(26(39)20-33(13-16-36)25(38)9-2-4-15-35)19-27(40)34(18-23(29)37)14-17-41-24-8-5-7-22(31-24)21-6-1-3-11-30-21/h1,3,5-8,11,35-36H,2,4,9-10,12-20,28H2,(H2,29,37). The van der Waals surface area contributed by atoms with Crippen molar-refractivity contribution in [1.82, 2.24) is 24.7 Å². The molecule has 2 heterocycles. The van der Waals surface area contributed by atoms with Crippen LogP contribution < -0.4 is 16.2 Å². The number of hydrogen-bond donors (Lipinski definition) is 4. The van der Waals surface area contributed by atoms with Crippen LogP contribution in [0.1, 0.15) is 19.3 Å². The van der Waals surface area contributed by atoms with Crippen molar-refractivity contribution in [2.75, 3.05) is 65.6 Å². The molecule has 0 unspecified atom stereocenters. The predicted octanol–water partition coefficient (Wildman–Crippen LogP) is -1.39. The normalized spacial score (nSPS) is 10.6. The lowest BCUT2D eigenvalue weighted by Gasteiger charge is -2.29. The SMILES string of the molecule is NCCN(CC(=O)N(CCOc1cccc(-c2ccccn2)n1)CC(N)=O)C(=O)CN(CCO)C(=O)CCCCO. The first-order valence-electron chi connectivity index (χ1n) is 13.3. The van der Waals surface area contributed by atoms with Gasteiger partial charge in [0.05, 0.1) is 44.2 Å². The molecule has 0 spiro atoms. The average Bonchev–Trinajstić information content (AvgIpc) is 2.96. The molecule has 0 saturated heterocycles. The number of aliphatic hydroxyl groups excluding tert-OH is 2. The van der Waals surface area contributed by atoms with E-state index in [9.17, 15) is 24.3 Å². The Morgan fingerprint density at radius 2 is 1.46 bits per heavy atom. The molecule has 0 bridgehead atoms. The van der Waals surface area contributed by atoms with Gasteiger partial charge in [-0.05, 0) is 31.0 Å². The minimum atomic E-state index is -0.743. The number of carbonyl (C=O) groups excluding carboxylic acids is 4. The summed E-state index contributed by atoms with van der Waals surface area (Å²) in [7, 11) is 0. The van der Waals surface area contributed by atoms with Gasteiger partial charge < -0.3 is 41.1 Å². The predicted molar refractivity (Wildman–Crippen MR) is 149 cm³/mol. The lowest BCUT2D eigenvalue weighted by molar-refractivity contribution is -0.145. The van der Waals surface area contributed by atoms with Crippen molar-refractivity contribution in [3.63, 3.8) is 0 Å². The average molecular weight is 574 g/mol. The molecule has 0 atom stereocenters. The van der Waals surface area contributed by atoms with E-state index in [-0.39, 0.29) is 64.9 Å². The third-order valence-corrected chi connectivity index (χ3v) is 5.89. The Balaban J connectivity index is 2.02. The van der Waals surface area contributed by atoms with Gasteiger partial charge in [0, 0.05) is 44.9 Å². The third kappa shape index (κ3) is 11.9. The number of primary amides is 1. The number of nitrogens with zero attached hydrogens (tertiary/aromatic N) is 5. The molecule has 0 aliphatic rings. The molecule has 4 amide bonds. The largest absolute Gasteiger partial charge is 0.476 e. The molecule has 14 nitrogen and oxygen atoms in total. The first kappa shape index (κ1) is 33.1. The summed E-state index contributed by atoms with van der Waals surface area (Å²) in [5.41, 5.74) is 12.3. The Hall–Kier alpha value is -4.14. The molecule has 14 heteroatoms. The van der Waals surface area contributed by atoms with Crippen molar-refractivity contribution in [2.24, 2.45) is 11.5 Å². The maximum absolute atomic E-state index is 13.1. The Morgan fingerprint density at radius 3 is 2.07 bits per heavy atom. The fraction of sp³-hybridized carbons (Fsp3) is 0.481. The molecule has 6 N–H and O–H groups in total. The zero-order valence-corrected chi connectivity index (χ0v) is 23.1. The van der Waals surface area contributed by atoms with Crippen LogP contribution in [0.4, 0.5) is 0 Å². The molecule has 2 aromatic heterocycles. The van der Waals surface area contributed by atoms with E-state index in [1.54, 1.807) is 30.5 Å². The summed E-state index contributed by atoms with van der Waals surface area (Å²) in [6.45, 7) is -1.55. The second-order valence-electron chi connectivity index (χ2n) is 9.03. The van der Waals surface area contributed by atoms with Crippen LogP contribution in [0.25, 0.3) is 11.4 Å². The van der Waals surface area contributed by atoms with Crippen LogP contribution in [-0.4, -0.2) is 124 Å². The van der Waals surface area contributed by atoms with Gasteiger partial charge in [-0.25, -0.2) is 4.98 Å². The van der Waals surface area contributed by atoms with Crippen molar-refractivity contribution < 1.29 is 34.1 Å². The zero-order valence-electron chi connectivity index (χ0n) is 23.1. The van der Waals surface area contributed by atoms with Gasteiger partial charge >= 0.3 is 0 Å². The Labute approximate surface area is 238 Å². The fourth-order valence-corrected chi connectivity index (χ4v) is 3.83. The number of aromatic nitrogens is 2. The number of unbranched alkanes of at least 4 members (excludes halogenated alkanes) is 1. The van der Waals surface area contributed by atoms with Gasteiger partial charge in [-0.2, -0.15) is 0 Å². The van der Waals surface area contributed by atoms with Crippen molar-refractivity contribution in [2.45, 2.75) is 19.3 Å². The van der Waals surface area contributed by atoms with Crippen LogP contribution in [0.3, 0.4) is 0 Å². The van der Waals surface area contributed by atoms with E-state index >= 15 is 0 Å². The first-order chi connectivity index (χ1) is 19.8. The molecule has 0 radical (unpaired) electrons. The van der Waals surface area contributed by atoms with Gasteiger partial charge in [0.2, 0.25) is 29.5 Å². The first-order valence-corrected chi connectivity index (χ1v) is 13.3. The van der Waals surface area contributed by atoms with E-state index in [0.717, 1.165) is 0 Å². The highest BCUT2D eigenvalue weighted by Gasteiger charge is 2.25. The number of carbonyl (C=O) groups is 4. The summed E-state index contributed by atoms with van der Waals surface area (Å²) in [6, 6.07) is 10.6. The molecular weight excluding hydrogens is 534 g/mol. The van der Waals surface area contributed by atoms with E-state index < -0.39 is 30.8 Å². The minimum absolute atomic E-state index is 0.00481. The van der Waals surface area contributed by atoms with Crippen molar-refractivity contribution in [1.29, 1.82) is 0 Å². The van der Waals surface area contributed by atoms with Crippen LogP contribution >= 0.6 is 0 Å². The number of ether oxygens (including phenoxy) is 1. The second-order valence-corrected chi connectivity index (χ2v) is 9.03. The van der Waals surface area contributed by atoms with E-state index in [1.807, 2.05) is 12.1 Å². The van der Waals surface area contributed by atoms with E-state index in [2.05, 4.69) is 9.97 Å². The topological polar surface area (TPSA) is 206 Å². The van der Waals surface area contributed by atoms with Gasteiger partial charge in [0.15, 0.2) is 0 Å². The molecule has 0 aliphatic heterocycles. The summed E-state index contributed by atoms with van der Waals surface area (Å²) in [5, 5.41) is 18.3. The van der Waals surface area contributed by atoms with Crippen LogP contribution in [0, 0.1) is 0 Å². The monoisotopic (exact) mass is 573 g/mol. The lowest BCUT2D eigenvalue weighted by Crippen LogP contribution is -2.50. The third-order valence-electron chi connectivity index (χ3n) is 5.89. The number of amides is 4. The van der Waals surface area contributed by atoms with Gasteiger partial charge in [-0.15, -0.1) is 0 Å². The number of rotatable bonds is 19. The van der Waals surface area contributed by atoms with Crippen LogP contribution in [0.15, 0.2) is 42.6 Å². The molecule has 0 aliphatic carbocycles. The summed E-state index contributed by atoms with van der Waals surface area (Å²) in [6.07, 6.45) is 2.63. The van der Waals surface area contributed by atoms with E-state index in [0.29, 0.717) is 30.1 Å². The highest BCUT2D eigenvalue weighted by molar-refractivity contribution is 5.90. The second kappa shape index (κ2) is 18.3. The smallest absolute Gasteiger partial charge is 0.242 e. The van der Waals surface area contributed by atoms with Crippen LogP contribution in [0.2, 0.25) is 0 Å². The minimum Gasteiger partial charge on any atom is -0.476 e. The molecule has 41 heavy (non-hydrogen) atoms. The number of pyridine rings is 2. The summed E-state index contributed by atoms with van der Waals surface area (Å²) < 4.78 is 5.71. The molecule has 2 rings (SSSR count). The maximum atomic E-state index is 13.1. The van der Waals surface area contributed by atoms with Gasteiger partial charge in [0.25, 0.3) is 0 Å². The fourth-order valence-electron chi connectivity index (χ4n) is 3.83.